The average molecular weight is 367 g/mol. The highest BCUT2D eigenvalue weighted by Crippen LogP contribution is 2.31. The number of hydrogen-bond acceptors (Lipinski definition) is 5. The van der Waals surface area contributed by atoms with Gasteiger partial charge in [-0.25, -0.2) is 9.97 Å². The third kappa shape index (κ3) is 3.83. The topological polar surface area (TPSA) is 72.2 Å². The van der Waals surface area contributed by atoms with E-state index in [-0.39, 0.29) is 16.1 Å². The number of halogens is 2. The minimum atomic E-state index is -0.684. The second-order valence-corrected chi connectivity index (χ2v) is 6.48. The van der Waals surface area contributed by atoms with E-state index < -0.39 is 10.6 Å². The number of piperidine rings is 1. The van der Waals surface area contributed by atoms with Gasteiger partial charge < -0.3 is 0 Å². The van der Waals surface area contributed by atoms with Crippen molar-refractivity contribution in [3.05, 3.63) is 50.2 Å². The van der Waals surface area contributed by atoms with Crippen LogP contribution in [0.3, 0.4) is 0 Å². The Balaban J connectivity index is 1.79. The fraction of sp³-hybridized carbons (Fsp3) is 0.375. The number of benzene rings is 1. The Morgan fingerprint density at radius 3 is 2.17 bits per heavy atom. The summed E-state index contributed by atoms with van der Waals surface area (Å²) in [6.07, 6.45) is 3.83. The molecule has 3 rings (SSSR count). The molecule has 2 aromatic rings. The maximum absolute atomic E-state index is 10.9. The van der Waals surface area contributed by atoms with Gasteiger partial charge in [-0.15, -0.1) is 0 Å². The van der Waals surface area contributed by atoms with Crippen LogP contribution in [0.2, 0.25) is 10.3 Å². The monoisotopic (exact) mass is 366 g/mol. The Labute approximate surface area is 149 Å². The number of hydrogen-bond donors (Lipinski definition) is 0. The van der Waals surface area contributed by atoms with Crippen molar-refractivity contribution >= 4 is 28.9 Å². The first kappa shape index (κ1) is 17.1. The number of nitrogens with zero attached hydrogens (tertiary/aromatic N) is 4. The van der Waals surface area contributed by atoms with Gasteiger partial charge in [-0.3, -0.25) is 15.0 Å². The molecule has 1 aromatic heterocycles. The van der Waals surface area contributed by atoms with Crippen LogP contribution in [0.25, 0.3) is 11.4 Å². The first-order chi connectivity index (χ1) is 11.5. The highest BCUT2D eigenvalue weighted by atomic mass is 35.5. The molecule has 8 heteroatoms. The standard InChI is InChI=1S/C16H16Cl2N4O2/c17-14-13(22(23)24)15(18)20-16(19-14)12-6-4-11(5-7-12)10-21-8-2-1-3-9-21/h4-7H,1-3,8-10H2. The predicted molar refractivity (Wildman–Crippen MR) is 93.3 cm³/mol. The van der Waals surface area contributed by atoms with Crippen LogP contribution < -0.4 is 0 Å². The molecular formula is C16H16Cl2N4O2. The van der Waals surface area contributed by atoms with Crippen molar-refractivity contribution in [1.29, 1.82) is 0 Å². The molecule has 126 valence electrons. The zero-order chi connectivity index (χ0) is 17.1. The van der Waals surface area contributed by atoms with Crippen LogP contribution >= 0.6 is 23.2 Å². The third-order valence-electron chi connectivity index (χ3n) is 4.05. The molecule has 0 radical (unpaired) electrons. The van der Waals surface area contributed by atoms with Crippen molar-refractivity contribution < 1.29 is 4.92 Å². The van der Waals surface area contributed by atoms with Gasteiger partial charge in [0.2, 0.25) is 10.3 Å². The molecule has 0 aliphatic carbocycles. The van der Waals surface area contributed by atoms with Crippen LogP contribution in [0, 0.1) is 10.1 Å². The van der Waals surface area contributed by atoms with Crippen LogP contribution in [0.15, 0.2) is 24.3 Å². The predicted octanol–water partition coefficient (Wildman–Crippen LogP) is 4.34. The lowest BCUT2D eigenvalue weighted by molar-refractivity contribution is -0.385. The van der Waals surface area contributed by atoms with E-state index in [0.717, 1.165) is 25.2 Å². The van der Waals surface area contributed by atoms with Crippen molar-refractivity contribution in [2.75, 3.05) is 13.1 Å². The summed E-state index contributed by atoms with van der Waals surface area (Å²) >= 11 is 11.7. The van der Waals surface area contributed by atoms with E-state index in [1.165, 1.54) is 24.8 Å². The lowest BCUT2D eigenvalue weighted by Gasteiger charge is -2.26. The largest absolute Gasteiger partial charge is 0.343 e. The van der Waals surface area contributed by atoms with E-state index in [9.17, 15) is 10.1 Å². The van der Waals surface area contributed by atoms with Crippen LogP contribution in [0.4, 0.5) is 5.69 Å². The third-order valence-corrected chi connectivity index (χ3v) is 4.58. The SMILES string of the molecule is O=[N+]([O-])c1c(Cl)nc(-c2ccc(CN3CCCCC3)cc2)nc1Cl. The van der Waals surface area contributed by atoms with Crippen molar-refractivity contribution in [3.8, 4) is 11.4 Å². The Kier molecular flexibility index (Phi) is 5.28. The van der Waals surface area contributed by atoms with Crippen LogP contribution in [-0.4, -0.2) is 32.9 Å². The summed E-state index contributed by atoms with van der Waals surface area (Å²) in [6, 6.07) is 7.78. The van der Waals surface area contributed by atoms with Gasteiger partial charge in [-0.2, -0.15) is 0 Å². The molecule has 0 amide bonds. The molecule has 0 N–H and O–H groups in total. The Hall–Kier alpha value is -1.76. The molecule has 1 aromatic carbocycles. The van der Waals surface area contributed by atoms with E-state index in [2.05, 4.69) is 14.9 Å². The molecule has 24 heavy (non-hydrogen) atoms. The average Bonchev–Trinajstić information content (AvgIpc) is 2.55. The van der Waals surface area contributed by atoms with E-state index in [4.69, 9.17) is 23.2 Å². The van der Waals surface area contributed by atoms with E-state index in [0.29, 0.717) is 0 Å². The quantitative estimate of drug-likeness (QED) is 0.457. The van der Waals surface area contributed by atoms with Gasteiger partial charge in [0.1, 0.15) is 0 Å². The van der Waals surface area contributed by atoms with Gasteiger partial charge in [0.05, 0.1) is 4.92 Å². The zero-order valence-electron chi connectivity index (χ0n) is 12.9. The first-order valence-electron chi connectivity index (χ1n) is 7.73. The maximum Gasteiger partial charge on any atom is 0.343 e. The summed E-state index contributed by atoms with van der Waals surface area (Å²) in [6.45, 7) is 3.19. The fourth-order valence-corrected chi connectivity index (χ4v) is 3.34. The van der Waals surface area contributed by atoms with Crippen LogP contribution in [0.1, 0.15) is 24.8 Å². The molecule has 0 spiro atoms. The smallest absolute Gasteiger partial charge is 0.299 e. The summed E-state index contributed by atoms with van der Waals surface area (Å²) in [4.78, 5) is 20.6. The lowest BCUT2D eigenvalue weighted by Crippen LogP contribution is -2.29. The second kappa shape index (κ2) is 7.42. The highest BCUT2D eigenvalue weighted by molar-refractivity contribution is 6.36. The van der Waals surface area contributed by atoms with Gasteiger partial charge in [-0.1, -0.05) is 53.9 Å². The number of likely N-dealkylation sites (tertiary alicyclic amines) is 1. The molecule has 0 atom stereocenters. The first-order valence-corrected chi connectivity index (χ1v) is 8.49. The van der Waals surface area contributed by atoms with Crippen molar-refractivity contribution in [1.82, 2.24) is 14.9 Å². The van der Waals surface area contributed by atoms with Gasteiger partial charge in [0.15, 0.2) is 5.82 Å². The van der Waals surface area contributed by atoms with Crippen LogP contribution in [-0.2, 0) is 6.54 Å². The molecule has 0 unspecified atom stereocenters. The van der Waals surface area contributed by atoms with E-state index in [1.807, 2.05) is 24.3 Å². The summed E-state index contributed by atoms with van der Waals surface area (Å²) in [5, 5.41) is 10.4. The number of aromatic nitrogens is 2. The summed E-state index contributed by atoms with van der Waals surface area (Å²) < 4.78 is 0. The fourth-order valence-electron chi connectivity index (χ4n) is 2.82. The van der Waals surface area contributed by atoms with E-state index in [1.54, 1.807) is 0 Å². The minimum absolute atomic E-state index is 0.257. The van der Waals surface area contributed by atoms with Gasteiger partial charge >= 0.3 is 5.69 Å². The van der Waals surface area contributed by atoms with Gasteiger partial charge in [0, 0.05) is 12.1 Å². The van der Waals surface area contributed by atoms with Gasteiger partial charge in [-0.05, 0) is 31.5 Å². The molecule has 2 heterocycles. The molecule has 1 aliphatic heterocycles. The lowest BCUT2D eigenvalue weighted by atomic mass is 10.1. The highest BCUT2D eigenvalue weighted by Gasteiger charge is 2.22. The molecular weight excluding hydrogens is 351 g/mol. The molecule has 1 fully saturated rings. The van der Waals surface area contributed by atoms with E-state index >= 15 is 0 Å². The van der Waals surface area contributed by atoms with Crippen LogP contribution in [0.5, 0.6) is 0 Å². The molecule has 0 bridgehead atoms. The Morgan fingerprint density at radius 2 is 1.62 bits per heavy atom. The van der Waals surface area contributed by atoms with Gasteiger partial charge in [0.25, 0.3) is 0 Å². The molecule has 1 saturated heterocycles. The second-order valence-electron chi connectivity index (χ2n) is 5.77. The Bertz CT molecular complexity index is 723. The van der Waals surface area contributed by atoms with Crippen molar-refractivity contribution in [2.45, 2.75) is 25.8 Å². The Morgan fingerprint density at radius 1 is 1.04 bits per heavy atom. The van der Waals surface area contributed by atoms with Crippen molar-refractivity contribution in [3.63, 3.8) is 0 Å². The van der Waals surface area contributed by atoms with Crippen molar-refractivity contribution in [2.24, 2.45) is 0 Å². The molecule has 0 saturated carbocycles. The normalized spacial score (nSPS) is 15.4. The summed E-state index contributed by atoms with van der Waals surface area (Å²) in [5.41, 5.74) is 1.46. The zero-order valence-corrected chi connectivity index (χ0v) is 14.4. The minimum Gasteiger partial charge on any atom is -0.299 e. The molecule has 1 aliphatic rings. The summed E-state index contributed by atoms with van der Waals surface area (Å²) in [7, 11) is 0. The number of nitro groups is 1. The number of rotatable bonds is 4. The maximum atomic E-state index is 10.9. The molecule has 6 nitrogen and oxygen atoms in total. The summed E-state index contributed by atoms with van der Waals surface area (Å²) in [5.74, 6) is 0.278.